The molecule has 0 spiro atoms. The molecule has 0 bridgehead atoms. The summed E-state index contributed by atoms with van der Waals surface area (Å²) in [7, 11) is 0. The number of fused-ring (bicyclic) bond motifs is 1. The van der Waals surface area contributed by atoms with Crippen LogP contribution in [-0.2, 0) is 9.47 Å². The van der Waals surface area contributed by atoms with Crippen molar-refractivity contribution in [3.05, 3.63) is 0 Å². The Balaban J connectivity index is 2.04. The van der Waals surface area contributed by atoms with E-state index >= 15 is 0 Å². The van der Waals surface area contributed by atoms with Gasteiger partial charge in [-0.3, -0.25) is 0 Å². The zero-order valence-electron chi connectivity index (χ0n) is 8.64. The Morgan fingerprint density at radius 1 is 1.36 bits per heavy atom. The highest BCUT2D eigenvalue weighted by Gasteiger charge is 2.50. The highest BCUT2D eigenvalue weighted by Crippen LogP contribution is 2.42. The summed E-state index contributed by atoms with van der Waals surface area (Å²) in [6.45, 7) is 3.57. The van der Waals surface area contributed by atoms with Crippen LogP contribution < -0.4 is 0 Å². The minimum Gasteiger partial charge on any atom is -0.394 e. The van der Waals surface area contributed by atoms with Crippen molar-refractivity contribution in [3.8, 4) is 0 Å². The van der Waals surface area contributed by atoms with E-state index in [2.05, 4.69) is 0 Å². The average molecular weight is 202 g/mol. The van der Waals surface area contributed by atoms with Gasteiger partial charge in [-0.15, -0.1) is 0 Å². The summed E-state index contributed by atoms with van der Waals surface area (Å²) >= 11 is 0. The molecule has 1 saturated carbocycles. The van der Waals surface area contributed by atoms with Crippen molar-refractivity contribution < 1.29 is 19.7 Å². The quantitative estimate of drug-likeness (QED) is 0.675. The van der Waals surface area contributed by atoms with Gasteiger partial charge in [0.05, 0.1) is 24.9 Å². The van der Waals surface area contributed by atoms with Crippen molar-refractivity contribution in [1.29, 1.82) is 0 Å². The Morgan fingerprint density at radius 3 is 2.71 bits per heavy atom. The van der Waals surface area contributed by atoms with Crippen LogP contribution in [0.3, 0.4) is 0 Å². The van der Waals surface area contributed by atoms with Gasteiger partial charge in [-0.1, -0.05) is 0 Å². The summed E-state index contributed by atoms with van der Waals surface area (Å²) in [6.07, 6.45) is 1.15. The molecule has 82 valence electrons. The number of rotatable bonds is 2. The van der Waals surface area contributed by atoms with Gasteiger partial charge in [0.1, 0.15) is 0 Å². The van der Waals surface area contributed by atoms with Crippen molar-refractivity contribution in [2.24, 2.45) is 5.92 Å². The SMILES string of the molecule is CC1(C)OC2CC[C@@H](C(O)CO)C2O1. The van der Waals surface area contributed by atoms with Crippen LogP contribution in [0.5, 0.6) is 0 Å². The van der Waals surface area contributed by atoms with E-state index < -0.39 is 11.9 Å². The van der Waals surface area contributed by atoms with Gasteiger partial charge in [0, 0.05) is 5.92 Å². The number of hydrogen-bond donors (Lipinski definition) is 2. The van der Waals surface area contributed by atoms with Crippen LogP contribution in [0.2, 0.25) is 0 Å². The highest BCUT2D eigenvalue weighted by molar-refractivity contribution is 4.95. The predicted molar refractivity (Wildman–Crippen MR) is 49.6 cm³/mol. The van der Waals surface area contributed by atoms with E-state index in [0.717, 1.165) is 12.8 Å². The topological polar surface area (TPSA) is 58.9 Å². The van der Waals surface area contributed by atoms with Gasteiger partial charge in [-0.2, -0.15) is 0 Å². The summed E-state index contributed by atoms with van der Waals surface area (Å²) in [5.41, 5.74) is 0. The van der Waals surface area contributed by atoms with Gasteiger partial charge in [-0.05, 0) is 26.7 Å². The van der Waals surface area contributed by atoms with Gasteiger partial charge in [-0.25, -0.2) is 0 Å². The van der Waals surface area contributed by atoms with Gasteiger partial charge in [0.15, 0.2) is 5.79 Å². The van der Waals surface area contributed by atoms with Crippen molar-refractivity contribution in [3.63, 3.8) is 0 Å². The first-order valence-corrected chi connectivity index (χ1v) is 5.18. The van der Waals surface area contributed by atoms with Crippen molar-refractivity contribution >= 4 is 0 Å². The first kappa shape index (κ1) is 10.4. The van der Waals surface area contributed by atoms with E-state index in [-0.39, 0.29) is 24.7 Å². The molecule has 0 aromatic rings. The monoisotopic (exact) mass is 202 g/mol. The van der Waals surface area contributed by atoms with E-state index in [1.54, 1.807) is 0 Å². The lowest BCUT2D eigenvalue weighted by atomic mass is 9.99. The molecule has 1 aliphatic heterocycles. The number of aliphatic hydroxyl groups is 2. The lowest BCUT2D eigenvalue weighted by Crippen LogP contribution is -2.34. The second-order valence-electron chi connectivity index (χ2n) is 4.63. The molecule has 3 unspecified atom stereocenters. The van der Waals surface area contributed by atoms with E-state index in [4.69, 9.17) is 14.6 Å². The van der Waals surface area contributed by atoms with E-state index in [0.29, 0.717) is 0 Å². The molecular weight excluding hydrogens is 184 g/mol. The third kappa shape index (κ3) is 1.67. The largest absolute Gasteiger partial charge is 0.394 e. The standard InChI is InChI=1S/C10H18O4/c1-10(2)13-8-4-3-6(7(12)5-11)9(8)14-10/h6-9,11-12H,3-5H2,1-2H3/t6-,7?,8?,9?/m0/s1. The first-order chi connectivity index (χ1) is 6.53. The van der Waals surface area contributed by atoms with Crippen LogP contribution in [0.4, 0.5) is 0 Å². The van der Waals surface area contributed by atoms with Crippen LogP contribution in [0.15, 0.2) is 0 Å². The number of hydrogen-bond acceptors (Lipinski definition) is 4. The summed E-state index contributed by atoms with van der Waals surface area (Å²) in [5.74, 6) is -0.518. The molecule has 14 heavy (non-hydrogen) atoms. The fourth-order valence-corrected chi connectivity index (χ4v) is 2.52. The van der Waals surface area contributed by atoms with E-state index in [1.807, 2.05) is 13.8 Å². The number of ether oxygens (including phenoxy) is 2. The number of aliphatic hydroxyl groups excluding tert-OH is 2. The molecular formula is C10H18O4. The molecule has 1 saturated heterocycles. The van der Waals surface area contributed by atoms with Crippen LogP contribution in [0.1, 0.15) is 26.7 Å². The van der Waals surface area contributed by atoms with Crippen molar-refractivity contribution in [2.45, 2.75) is 50.8 Å². The maximum absolute atomic E-state index is 9.59. The second kappa shape index (κ2) is 3.45. The molecule has 2 fully saturated rings. The molecule has 2 aliphatic rings. The van der Waals surface area contributed by atoms with Crippen molar-refractivity contribution in [2.75, 3.05) is 6.61 Å². The summed E-state index contributed by atoms with van der Waals surface area (Å²) in [4.78, 5) is 0. The maximum Gasteiger partial charge on any atom is 0.163 e. The normalized spacial score (nSPS) is 42.4. The van der Waals surface area contributed by atoms with Crippen LogP contribution in [0, 0.1) is 5.92 Å². The Hall–Kier alpha value is -0.160. The second-order valence-corrected chi connectivity index (χ2v) is 4.63. The van der Waals surface area contributed by atoms with E-state index in [1.165, 1.54) is 0 Å². The fraction of sp³-hybridized carbons (Fsp3) is 1.00. The fourth-order valence-electron chi connectivity index (χ4n) is 2.52. The maximum atomic E-state index is 9.59. The molecule has 1 heterocycles. The average Bonchev–Trinajstić information content (AvgIpc) is 2.58. The minimum atomic E-state index is -0.678. The highest BCUT2D eigenvalue weighted by atomic mass is 16.8. The summed E-state index contributed by atoms with van der Waals surface area (Å²) < 4.78 is 11.4. The smallest absolute Gasteiger partial charge is 0.163 e. The summed E-state index contributed by atoms with van der Waals surface area (Å²) in [6, 6.07) is 0. The lowest BCUT2D eigenvalue weighted by molar-refractivity contribution is -0.161. The minimum absolute atomic E-state index is 0.0202. The van der Waals surface area contributed by atoms with Gasteiger partial charge in [0.25, 0.3) is 0 Å². The molecule has 1 aliphatic carbocycles. The Labute approximate surface area is 83.8 Å². The zero-order valence-corrected chi connectivity index (χ0v) is 8.64. The lowest BCUT2D eigenvalue weighted by Gasteiger charge is -2.24. The molecule has 2 rings (SSSR count). The molecule has 0 amide bonds. The van der Waals surface area contributed by atoms with Gasteiger partial charge >= 0.3 is 0 Å². The van der Waals surface area contributed by atoms with E-state index in [9.17, 15) is 5.11 Å². The Morgan fingerprint density at radius 2 is 2.07 bits per heavy atom. The van der Waals surface area contributed by atoms with Crippen LogP contribution in [0.25, 0.3) is 0 Å². The molecule has 0 radical (unpaired) electrons. The Kier molecular flexibility index (Phi) is 2.55. The predicted octanol–water partition coefficient (Wildman–Crippen LogP) is 0.270. The van der Waals surface area contributed by atoms with Crippen LogP contribution >= 0.6 is 0 Å². The molecule has 0 aromatic carbocycles. The Bertz CT molecular complexity index is 216. The van der Waals surface area contributed by atoms with Crippen molar-refractivity contribution in [1.82, 2.24) is 0 Å². The molecule has 4 atom stereocenters. The third-order valence-electron chi connectivity index (χ3n) is 3.11. The molecule has 2 N–H and O–H groups in total. The van der Waals surface area contributed by atoms with Gasteiger partial charge in [0.2, 0.25) is 0 Å². The van der Waals surface area contributed by atoms with Crippen LogP contribution in [-0.4, -0.2) is 40.9 Å². The summed E-state index contributed by atoms with van der Waals surface area (Å²) in [5, 5.41) is 18.5. The van der Waals surface area contributed by atoms with Gasteiger partial charge < -0.3 is 19.7 Å². The molecule has 4 nitrogen and oxygen atoms in total. The first-order valence-electron chi connectivity index (χ1n) is 5.18. The molecule has 0 aromatic heterocycles. The third-order valence-corrected chi connectivity index (χ3v) is 3.11. The zero-order chi connectivity index (χ0) is 10.3. The molecule has 4 heteroatoms.